The average Bonchev–Trinajstić information content (AvgIpc) is 3.16. The van der Waals surface area contributed by atoms with Gasteiger partial charge in [-0.05, 0) is 75.3 Å². The van der Waals surface area contributed by atoms with Crippen molar-refractivity contribution in [2.45, 2.75) is 64.7 Å². The van der Waals surface area contributed by atoms with Crippen molar-refractivity contribution in [2.24, 2.45) is 11.8 Å². The summed E-state index contributed by atoms with van der Waals surface area (Å²) in [5, 5.41) is 7.82. The third-order valence-corrected chi connectivity index (χ3v) is 6.18. The highest BCUT2D eigenvalue weighted by Gasteiger charge is 2.39. The van der Waals surface area contributed by atoms with Gasteiger partial charge in [-0.15, -0.1) is 0 Å². The number of rotatable bonds is 6. The predicted octanol–water partition coefficient (Wildman–Crippen LogP) is 3.68. The van der Waals surface area contributed by atoms with Crippen LogP contribution in [0.3, 0.4) is 0 Å². The van der Waals surface area contributed by atoms with Gasteiger partial charge in [-0.25, -0.2) is 0 Å². The van der Waals surface area contributed by atoms with Crippen molar-refractivity contribution in [3.63, 3.8) is 0 Å². The van der Waals surface area contributed by atoms with Crippen molar-refractivity contribution in [1.82, 2.24) is 15.5 Å². The first-order chi connectivity index (χ1) is 11.5. The summed E-state index contributed by atoms with van der Waals surface area (Å²) in [7, 11) is 2.18. The smallest absolute Gasteiger partial charge is 0.166 e. The highest BCUT2D eigenvalue weighted by molar-refractivity contribution is 7.80. The number of thiocarbonyl (C=S) groups is 1. The Morgan fingerprint density at radius 1 is 1.21 bits per heavy atom. The van der Waals surface area contributed by atoms with Crippen LogP contribution in [-0.4, -0.2) is 29.1 Å². The zero-order valence-electron chi connectivity index (χ0n) is 15.2. The third kappa shape index (κ3) is 4.28. The van der Waals surface area contributed by atoms with E-state index in [1.807, 2.05) is 0 Å². The molecule has 2 aliphatic rings. The van der Waals surface area contributed by atoms with Gasteiger partial charge in [-0.2, -0.15) is 0 Å². The fraction of sp³-hybridized carbons (Fsp3) is 0.650. The Morgan fingerprint density at radius 2 is 1.96 bits per heavy atom. The van der Waals surface area contributed by atoms with E-state index in [-0.39, 0.29) is 0 Å². The molecule has 3 atom stereocenters. The van der Waals surface area contributed by atoms with Crippen LogP contribution in [0.1, 0.15) is 50.7 Å². The highest BCUT2D eigenvalue weighted by Crippen LogP contribution is 2.44. The zero-order chi connectivity index (χ0) is 17.1. The Balaban J connectivity index is 1.51. The van der Waals surface area contributed by atoms with E-state index < -0.39 is 0 Å². The standard InChI is InChI=1S/C20H31N3S/c1-14(2)23(3)13-18-7-5-4-6-17(18)12-21-20(24)22-19-11-15-8-9-16(19)10-15/h4-7,14-16,19H,8-13H2,1-3H3,(H2,21,22,24). The highest BCUT2D eigenvalue weighted by atomic mass is 32.1. The van der Waals surface area contributed by atoms with E-state index in [0.717, 1.165) is 30.0 Å². The molecule has 1 aromatic carbocycles. The van der Waals surface area contributed by atoms with E-state index in [1.165, 1.54) is 36.8 Å². The van der Waals surface area contributed by atoms with Crippen molar-refractivity contribution >= 4 is 17.3 Å². The summed E-state index contributed by atoms with van der Waals surface area (Å²) in [5.41, 5.74) is 2.71. The summed E-state index contributed by atoms with van der Waals surface area (Å²) in [6, 6.07) is 9.82. The monoisotopic (exact) mass is 345 g/mol. The van der Waals surface area contributed by atoms with E-state index in [1.54, 1.807) is 0 Å². The molecule has 4 heteroatoms. The summed E-state index contributed by atoms with van der Waals surface area (Å²) in [6.07, 6.45) is 5.53. The van der Waals surface area contributed by atoms with Crippen LogP contribution in [0.15, 0.2) is 24.3 Å². The lowest BCUT2D eigenvalue weighted by molar-refractivity contribution is 0.265. The summed E-state index contributed by atoms with van der Waals surface area (Å²) in [6.45, 7) is 6.24. The molecular weight excluding hydrogens is 314 g/mol. The SMILES string of the molecule is CC(C)N(C)Cc1ccccc1CNC(=S)NC1CC2CCC1C2. The molecule has 0 aliphatic heterocycles. The van der Waals surface area contributed by atoms with Gasteiger partial charge in [0.25, 0.3) is 0 Å². The van der Waals surface area contributed by atoms with E-state index in [4.69, 9.17) is 12.2 Å². The van der Waals surface area contributed by atoms with Crippen LogP contribution in [0.5, 0.6) is 0 Å². The third-order valence-electron chi connectivity index (χ3n) is 5.91. The van der Waals surface area contributed by atoms with E-state index >= 15 is 0 Å². The summed E-state index contributed by atoms with van der Waals surface area (Å²) < 4.78 is 0. The quantitative estimate of drug-likeness (QED) is 0.769. The number of nitrogens with one attached hydrogen (secondary N) is 2. The van der Waals surface area contributed by atoms with Gasteiger partial charge >= 0.3 is 0 Å². The van der Waals surface area contributed by atoms with Crippen molar-refractivity contribution in [2.75, 3.05) is 7.05 Å². The van der Waals surface area contributed by atoms with Crippen LogP contribution >= 0.6 is 12.2 Å². The first-order valence-electron chi connectivity index (χ1n) is 9.34. The van der Waals surface area contributed by atoms with E-state index in [0.29, 0.717) is 12.1 Å². The molecule has 24 heavy (non-hydrogen) atoms. The lowest BCUT2D eigenvalue weighted by Crippen LogP contribution is -2.44. The Labute approximate surface area is 152 Å². The van der Waals surface area contributed by atoms with Crippen LogP contribution in [0.25, 0.3) is 0 Å². The van der Waals surface area contributed by atoms with Crippen LogP contribution in [0.2, 0.25) is 0 Å². The molecule has 132 valence electrons. The molecule has 3 nitrogen and oxygen atoms in total. The summed E-state index contributed by atoms with van der Waals surface area (Å²) >= 11 is 5.55. The van der Waals surface area contributed by atoms with Gasteiger partial charge < -0.3 is 10.6 Å². The lowest BCUT2D eigenvalue weighted by atomic mass is 9.95. The second-order valence-corrected chi connectivity index (χ2v) is 8.29. The summed E-state index contributed by atoms with van der Waals surface area (Å²) in [4.78, 5) is 2.37. The van der Waals surface area contributed by atoms with E-state index in [2.05, 4.69) is 60.7 Å². The second kappa shape index (κ2) is 7.83. The van der Waals surface area contributed by atoms with Crippen molar-refractivity contribution < 1.29 is 0 Å². The number of hydrogen-bond donors (Lipinski definition) is 2. The first kappa shape index (κ1) is 17.7. The minimum absolute atomic E-state index is 0.548. The number of fused-ring (bicyclic) bond motifs is 2. The van der Waals surface area contributed by atoms with Gasteiger partial charge in [0, 0.05) is 25.2 Å². The van der Waals surface area contributed by atoms with Gasteiger partial charge in [0.05, 0.1) is 0 Å². The van der Waals surface area contributed by atoms with Gasteiger partial charge in [-0.1, -0.05) is 30.7 Å². The van der Waals surface area contributed by atoms with Crippen LogP contribution in [-0.2, 0) is 13.1 Å². The lowest BCUT2D eigenvalue weighted by Gasteiger charge is -2.25. The van der Waals surface area contributed by atoms with Gasteiger partial charge in [0.2, 0.25) is 0 Å². The molecule has 2 aliphatic carbocycles. The first-order valence-corrected chi connectivity index (χ1v) is 9.75. The Kier molecular flexibility index (Phi) is 5.77. The maximum absolute atomic E-state index is 5.55. The largest absolute Gasteiger partial charge is 0.360 e. The Morgan fingerprint density at radius 3 is 2.58 bits per heavy atom. The van der Waals surface area contributed by atoms with Crippen molar-refractivity contribution in [1.29, 1.82) is 0 Å². The van der Waals surface area contributed by atoms with Crippen LogP contribution < -0.4 is 10.6 Å². The van der Waals surface area contributed by atoms with Crippen LogP contribution in [0, 0.1) is 11.8 Å². The maximum Gasteiger partial charge on any atom is 0.166 e. The molecule has 0 radical (unpaired) electrons. The van der Waals surface area contributed by atoms with Gasteiger partial charge in [0.1, 0.15) is 0 Å². The number of nitrogens with zero attached hydrogens (tertiary/aromatic N) is 1. The molecule has 2 N–H and O–H groups in total. The minimum Gasteiger partial charge on any atom is -0.360 e. The Hall–Kier alpha value is -1.13. The number of hydrogen-bond acceptors (Lipinski definition) is 2. The Bertz CT molecular complexity index is 572. The van der Waals surface area contributed by atoms with Gasteiger partial charge in [0.15, 0.2) is 5.11 Å². The maximum atomic E-state index is 5.55. The fourth-order valence-corrected chi connectivity index (χ4v) is 4.38. The molecule has 0 aromatic heterocycles. The second-order valence-electron chi connectivity index (χ2n) is 7.89. The van der Waals surface area contributed by atoms with Crippen molar-refractivity contribution in [3.8, 4) is 0 Å². The molecule has 2 fully saturated rings. The molecule has 2 bridgehead atoms. The van der Waals surface area contributed by atoms with Crippen LogP contribution in [0.4, 0.5) is 0 Å². The molecule has 0 saturated heterocycles. The zero-order valence-corrected chi connectivity index (χ0v) is 16.0. The minimum atomic E-state index is 0.548. The molecule has 1 aromatic rings. The number of benzene rings is 1. The fourth-order valence-electron chi connectivity index (χ4n) is 4.15. The molecule has 0 amide bonds. The van der Waals surface area contributed by atoms with Crippen molar-refractivity contribution in [3.05, 3.63) is 35.4 Å². The topological polar surface area (TPSA) is 27.3 Å². The van der Waals surface area contributed by atoms with E-state index in [9.17, 15) is 0 Å². The average molecular weight is 346 g/mol. The predicted molar refractivity (Wildman–Crippen MR) is 105 cm³/mol. The van der Waals surface area contributed by atoms with Gasteiger partial charge in [-0.3, -0.25) is 4.90 Å². The molecule has 3 rings (SSSR count). The molecule has 0 heterocycles. The molecule has 3 unspecified atom stereocenters. The normalized spacial score (nSPS) is 25.5. The molecular formula is C20H31N3S. The molecule has 2 saturated carbocycles. The molecule has 0 spiro atoms. The summed E-state index contributed by atoms with van der Waals surface area (Å²) in [5.74, 6) is 1.80.